The van der Waals surface area contributed by atoms with Crippen LogP contribution in [0.2, 0.25) is 0 Å². The highest BCUT2D eigenvalue weighted by molar-refractivity contribution is 14.0. The van der Waals surface area contributed by atoms with Gasteiger partial charge in [0.05, 0.1) is 11.5 Å². The van der Waals surface area contributed by atoms with Gasteiger partial charge < -0.3 is 15.5 Å². The maximum absolute atomic E-state index is 4.88. The normalized spacial score (nSPS) is 15.1. The Kier molecular flexibility index (Phi) is 11.7. The lowest BCUT2D eigenvalue weighted by atomic mass is 10.1. The van der Waals surface area contributed by atoms with Gasteiger partial charge in [-0.3, -0.25) is 4.90 Å². The number of piperidine rings is 1. The Morgan fingerprint density at radius 1 is 1.10 bits per heavy atom. The molecule has 2 heterocycles. The van der Waals surface area contributed by atoms with Gasteiger partial charge in [-0.1, -0.05) is 38.1 Å². The molecule has 0 amide bonds. The van der Waals surface area contributed by atoms with Crippen molar-refractivity contribution < 1.29 is 0 Å². The summed E-state index contributed by atoms with van der Waals surface area (Å²) in [6, 6.07) is 13.7. The van der Waals surface area contributed by atoms with Crippen LogP contribution >= 0.6 is 35.3 Å². The SMILES string of the molecule is CCNC(=NCc1cccc(CN(CC)CC)c1)NC1CCN(c2cccs2)CC1.I. The van der Waals surface area contributed by atoms with Crippen molar-refractivity contribution >= 4 is 46.3 Å². The second kappa shape index (κ2) is 14.0. The molecule has 3 rings (SSSR count). The lowest BCUT2D eigenvalue weighted by Gasteiger charge is -2.33. The first kappa shape index (κ1) is 25.9. The molecule has 7 heteroatoms. The molecular weight excluding hydrogens is 517 g/mol. The maximum atomic E-state index is 4.88. The molecule has 1 saturated heterocycles. The summed E-state index contributed by atoms with van der Waals surface area (Å²) >= 11 is 1.83. The number of nitrogens with one attached hydrogen (secondary N) is 2. The molecule has 2 aromatic rings. The Balaban J connectivity index is 0.00000341. The largest absolute Gasteiger partial charge is 0.363 e. The molecule has 0 radical (unpaired) electrons. The van der Waals surface area contributed by atoms with E-state index in [0.29, 0.717) is 12.6 Å². The predicted molar refractivity (Wildman–Crippen MR) is 146 cm³/mol. The highest BCUT2D eigenvalue weighted by Gasteiger charge is 2.20. The Bertz CT molecular complexity index is 768. The standard InChI is InChI=1S/C24H37N5S.HI/c1-4-25-24(27-22-12-14-29(15-13-22)23-11-8-16-30-23)26-18-20-9-7-10-21(17-20)19-28(5-2)6-3;/h7-11,16-17,22H,4-6,12-15,18-19H2,1-3H3,(H2,25,26,27);1H. The highest BCUT2D eigenvalue weighted by atomic mass is 127. The van der Waals surface area contributed by atoms with Gasteiger partial charge >= 0.3 is 0 Å². The van der Waals surface area contributed by atoms with Gasteiger partial charge in [0.15, 0.2) is 5.96 Å². The second-order valence-corrected chi connectivity index (χ2v) is 8.76. The van der Waals surface area contributed by atoms with Crippen molar-refractivity contribution in [3.63, 3.8) is 0 Å². The molecule has 0 spiro atoms. The molecule has 2 N–H and O–H groups in total. The van der Waals surface area contributed by atoms with Crippen molar-refractivity contribution in [2.24, 2.45) is 4.99 Å². The van der Waals surface area contributed by atoms with Crippen LogP contribution in [0.5, 0.6) is 0 Å². The van der Waals surface area contributed by atoms with Crippen LogP contribution in [0, 0.1) is 0 Å². The summed E-state index contributed by atoms with van der Waals surface area (Å²) in [5.74, 6) is 0.932. The summed E-state index contributed by atoms with van der Waals surface area (Å²) in [7, 11) is 0. The number of nitrogens with zero attached hydrogens (tertiary/aromatic N) is 3. The zero-order chi connectivity index (χ0) is 21.2. The first-order valence-corrected chi connectivity index (χ1v) is 12.2. The van der Waals surface area contributed by atoms with Gasteiger partial charge in [0.1, 0.15) is 0 Å². The fourth-order valence-corrected chi connectivity index (χ4v) is 4.69. The molecule has 1 fully saturated rings. The van der Waals surface area contributed by atoms with E-state index in [4.69, 9.17) is 4.99 Å². The molecule has 1 aromatic carbocycles. The van der Waals surface area contributed by atoms with Crippen LogP contribution in [0.25, 0.3) is 0 Å². The Morgan fingerprint density at radius 3 is 2.48 bits per heavy atom. The van der Waals surface area contributed by atoms with Gasteiger partial charge in [-0.15, -0.1) is 35.3 Å². The van der Waals surface area contributed by atoms with Crippen molar-refractivity contribution in [1.82, 2.24) is 15.5 Å². The number of guanidine groups is 1. The van der Waals surface area contributed by atoms with Crippen molar-refractivity contribution in [2.75, 3.05) is 37.6 Å². The van der Waals surface area contributed by atoms with Gasteiger partial charge in [0.25, 0.3) is 0 Å². The van der Waals surface area contributed by atoms with E-state index in [-0.39, 0.29) is 24.0 Å². The van der Waals surface area contributed by atoms with Crippen molar-refractivity contribution in [1.29, 1.82) is 0 Å². The van der Waals surface area contributed by atoms with E-state index in [2.05, 4.69) is 83.0 Å². The number of anilines is 1. The number of hydrogen-bond donors (Lipinski definition) is 2. The maximum Gasteiger partial charge on any atom is 0.191 e. The summed E-state index contributed by atoms with van der Waals surface area (Å²) in [4.78, 5) is 9.81. The minimum absolute atomic E-state index is 0. The van der Waals surface area contributed by atoms with Gasteiger partial charge in [0, 0.05) is 32.2 Å². The Hall–Kier alpha value is -1.32. The fraction of sp³-hybridized carbons (Fsp3) is 0.542. The van der Waals surface area contributed by atoms with Gasteiger partial charge in [-0.25, -0.2) is 4.99 Å². The first-order valence-electron chi connectivity index (χ1n) is 11.3. The van der Waals surface area contributed by atoms with E-state index in [1.54, 1.807) is 0 Å². The van der Waals surface area contributed by atoms with Crippen LogP contribution < -0.4 is 15.5 Å². The van der Waals surface area contributed by atoms with E-state index in [0.717, 1.165) is 58.1 Å². The number of thiophene rings is 1. The lowest BCUT2D eigenvalue weighted by molar-refractivity contribution is 0.296. The molecule has 1 aromatic heterocycles. The van der Waals surface area contributed by atoms with E-state index in [9.17, 15) is 0 Å². The molecule has 0 unspecified atom stereocenters. The van der Waals surface area contributed by atoms with Crippen LogP contribution in [0.15, 0.2) is 46.8 Å². The van der Waals surface area contributed by atoms with Crippen molar-refractivity contribution in [2.45, 2.75) is 52.7 Å². The molecule has 5 nitrogen and oxygen atoms in total. The van der Waals surface area contributed by atoms with Crippen molar-refractivity contribution in [3.8, 4) is 0 Å². The average Bonchev–Trinajstić information content (AvgIpc) is 3.32. The van der Waals surface area contributed by atoms with Crippen LogP contribution in [-0.2, 0) is 13.1 Å². The van der Waals surface area contributed by atoms with Crippen LogP contribution in [0.4, 0.5) is 5.00 Å². The van der Waals surface area contributed by atoms with E-state index in [1.807, 2.05) is 11.3 Å². The molecule has 0 aliphatic carbocycles. The zero-order valence-corrected chi connectivity index (χ0v) is 22.3. The van der Waals surface area contributed by atoms with E-state index >= 15 is 0 Å². The average molecular weight is 556 g/mol. The van der Waals surface area contributed by atoms with Crippen molar-refractivity contribution in [3.05, 3.63) is 52.9 Å². The first-order chi connectivity index (χ1) is 14.7. The molecular formula is C24H38IN5S. The number of rotatable bonds is 9. The van der Waals surface area contributed by atoms with Crippen LogP contribution in [0.3, 0.4) is 0 Å². The van der Waals surface area contributed by atoms with E-state index < -0.39 is 0 Å². The predicted octanol–water partition coefficient (Wildman–Crippen LogP) is 4.93. The number of benzene rings is 1. The third-order valence-electron chi connectivity index (χ3n) is 5.71. The summed E-state index contributed by atoms with van der Waals surface area (Å²) < 4.78 is 0. The molecule has 1 aliphatic rings. The molecule has 0 bridgehead atoms. The van der Waals surface area contributed by atoms with E-state index in [1.165, 1.54) is 16.1 Å². The molecule has 0 atom stereocenters. The lowest BCUT2D eigenvalue weighted by Crippen LogP contribution is -2.48. The molecule has 1 aliphatic heterocycles. The van der Waals surface area contributed by atoms with Gasteiger partial charge in [-0.2, -0.15) is 0 Å². The monoisotopic (exact) mass is 555 g/mol. The number of aliphatic imine (C=N–C) groups is 1. The Labute approximate surface area is 209 Å². The minimum Gasteiger partial charge on any atom is -0.363 e. The summed E-state index contributed by atoms with van der Waals surface area (Å²) in [6.07, 6.45) is 2.28. The molecule has 0 saturated carbocycles. The topological polar surface area (TPSA) is 42.9 Å². The van der Waals surface area contributed by atoms with Crippen LogP contribution in [0.1, 0.15) is 44.7 Å². The van der Waals surface area contributed by atoms with Gasteiger partial charge in [-0.05, 0) is 61.5 Å². The minimum atomic E-state index is 0. The quantitative estimate of drug-likeness (QED) is 0.262. The highest BCUT2D eigenvalue weighted by Crippen LogP contribution is 2.24. The summed E-state index contributed by atoms with van der Waals surface area (Å²) in [5.41, 5.74) is 2.63. The second-order valence-electron chi connectivity index (χ2n) is 7.83. The molecule has 172 valence electrons. The Morgan fingerprint density at radius 2 is 1.84 bits per heavy atom. The summed E-state index contributed by atoms with van der Waals surface area (Å²) in [5, 5.41) is 10.6. The summed E-state index contributed by atoms with van der Waals surface area (Å²) in [6.45, 7) is 13.5. The molecule has 31 heavy (non-hydrogen) atoms. The third-order valence-corrected chi connectivity index (χ3v) is 6.64. The third kappa shape index (κ3) is 8.27. The smallest absolute Gasteiger partial charge is 0.191 e. The number of hydrogen-bond acceptors (Lipinski definition) is 4. The number of halogens is 1. The van der Waals surface area contributed by atoms with Gasteiger partial charge in [0.2, 0.25) is 0 Å². The van der Waals surface area contributed by atoms with Crippen LogP contribution in [-0.4, -0.2) is 49.6 Å². The zero-order valence-electron chi connectivity index (χ0n) is 19.1. The fourth-order valence-electron chi connectivity index (χ4n) is 3.91.